The average molecular weight is 267 g/mol. The summed E-state index contributed by atoms with van der Waals surface area (Å²) in [6.07, 6.45) is 2.20. The van der Waals surface area contributed by atoms with Crippen molar-refractivity contribution < 1.29 is 13.2 Å². The normalized spacial score (nSPS) is 10.9. The molecule has 98 valence electrons. The van der Waals surface area contributed by atoms with Crippen LogP contribution in [0.1, 0.15) is 12.5 Å². The molecular formula is C13H17NO3S. The van der Waals surface area contributed by atoms with E-state index in [4.69, 9.17) is 0 Å². The number of sulfone groups is 1. The van der Waals surface area contributed by atoms with Gasteiger partial charge in [0.25, 0.3) is 0 Å². The Morgan fingerprint density at radius 1 is 1.33 bits per heavy atom. The van der Waals surface area contributed by atoms with Crippen molar-refractivity contribution in [3.05, 3.63) is 42.5 Å². The molecule has 0 radical (unpaired) electrons. The fourth-order valence-electron chi connectivity index (χ4n) is 1.46. The second-order valence-corrected chi connectivity index (χ2v) is 6.05. The summed E-state index contributed by atoms with van der Waals surface area (Å²) in [5.74, 6) is -1.23. The maximum absolute atomic E-state index is 11.5. The standard InChI is InChI=1S/C13H17NO3S/c1-3-9-18(16,17)10-13(15)14-12-7-5-11(4-2)6-8-12/h3,5-8H,1,4,9-10H2,2H3,(H,14,15). The summed E-state index contributed by atoms with van der Waals surface area (Å²) in [4.78, 5) is 11.5. The van der Waals surface area contributed by atoms with Crippen LogP contribution < -0.4 is 5.32 Å². The van der Waals surface area contributed by atoms with Crippen LogP contribution in [0.3, 0.4) is 0 Å². The van der Waals surface area contributed by atoms with Crippen molar-refractivity contribution >= 4 is 21.4 Å². The van der Waals surface area contributed by atoms with Crippen LogP contribution in [-0.4, -0.2) is 25.8 Å². The first kappa shape index (κ1) is 14.4. The van der Waals surface area contributed by atoms with Gasteiger partial charge in [0.15, 0.2) is 9.84 Å². The highest BCUT2D eigenvalue weighted by Crippen LogP contribution is 2.10. The Hall–Kier alpha value is -1.62. The third kappa shape index (κ3) is 4.71. The Labute approximate surface area is 108 Å². The molecular weight excluding hydrogens is 250 g/mol. The second-order valence-electron chi connectivity index (χ2n) is 3.94. The van der Waals surface area contributed by atoms with Gasteiger partial charge in [0.2, 0.25) is 5.91 Å². The fourth-order valence-corrected chi connectivity index (χ4v) is 2.41. The third-order valence-electron chi connectivity index (χ3n) is 2.37. The Morgan fingerprint density at radius 3 is 2.44 bits per heavy atom. The van der Waals surface area contributed by atoms with Crippen molar-refractivity contribution in [1.82, 2.24) is 0 Å². The maximum Gasteiger partial charge on any atom is 0.239 e. The molecule has 1 amide bonds. The van der Waals surface area contributed by atoms with Crippen molar-refractivity contribution in [3.8, 4) is 0 Å². The van der Waals surface area contributed by atoms with E-state index in [9.17, 15) is 13.2 Å². The first-order chi connectivity index (χ1) is 8.46. The number of carbonyl (C=O) groups excluding carboxylic acids is 1. The molecule has 0 saturated carbocycles. The van der Waals surface area contributed by atoms with Gasteiger partial charge in [-0.1, -0.05) is 25.1 Å². The molecule has 0 bridgehead atoms. The lowest BCUT2D eigenvalue weighted by atomic mass is 10.1. The number of nitrogens with one attached hydrogen (secondary N) is 1. The molecule has 1 aromatic carbocycles. The first-order valence-electron chi connectivity index (χ1n) is 5.67. The van der Waals surface area contributed by atoms with E-state index in [1.54, 1.807) is 12.1 Å². The minimum Gasteiger partial charge on any atom is -0.325 e. The number of carbonyl (C=O) groups is 1. The molecule has 0 aliphatic heterocycles. The summed E-state index contributed by atoms with van der Waals surface area (Å²) in [7, 11) is -3.39. The average Bonchev–Trinajstić information content (AvgIpc) is 2.28. The molecule has 0 fully saturated rings. The monoisotopic (exact) mass is 267 g/mol. The fraction of sp³-hybridized carbons (Fsp3) is 0.308. The van der Waals surface area contributed by atoms with Crippen molar-refractivity contribution in [2.24, 2.45) is 0 Å². The topological polar surface area (TPSA) is 63.2 Å². The van der Waals surface area contributed by atoms with E-state index >= 15 is 0 Å². The van der Waals surface area contributed by atoms with E-state index in [-0.39, 0.29) is 5.75 Å². The van der Waals surface area contributed by atoms with Crippen LogP contribution >= 0.6 is 0 Å². The molecule has 4 nitrogen and oxygen atoms in total. The van der Waals surface area contributed by atoms with Crippen molar-refractivity contribution in [1.29, 1.82) is 0 Å². The number of benzene rings is 1. The molecule has 0 aliphatic carbocycles. The largest absolute Gasteiger partial charge is 0.325 e. The summed E-state index contributed by atoms with van der Waals surface area (Å²) >= 11 is 0. The predicted octanol–water partition coefficient (Wildman–Crippen LogP) is 1.79. The van der Waals surface area contributed by atoms with Gasteiger partial charge in [-0.3, -0.25) is 4.79 Å². The molecule has 0 aromatic heterocycles. The molecule has 18 heavy (non-hydrogen) atoms. The van der Waals surface area contributed by atoms with E-state index in [1.165, 1.54) is 6.08 Å². The highest BCUT2D eigenvalue weighted by Gasteiger charge is 2.14. The number of hydrogen-bond acceptors (Lipinski definition) is 3. The summed E-state index contributed by atoms with van der Waals surface area (Å²) in [6, 6.07) is 7.31. The van der Waals surface area contributed by atoms with Crippen molar-refractivity contribution in [3.63, 3.8) is 0 Å². The summed E-state index contributed by atoms with van der Waals surface area (Å²) in [6.45, 7) is 5.38. The van der Waals surface area contributed by atoms with Gasteiger partial charge in [-0.25, -0.2) is 8.42 Å². The number of amides is 1. The van der Waals surface area contributed by atoms with Gasteiger partial charge in [-0.15, -0.1) is 6.58 Å². The first-order valence-corrected chi connectivity index (χ1v) is 7.49. The van der Waals surface area contributed by atoms with Gasteiger partial charge in [0.05, 0.1) is 5.75 Å². The Morgan fingerprint density at radius 2 is 1.94 bits per heavy atom. The van der Waals surface area contributed by atoms with Crippen LogP contribution in [0.5, 0.6) is 0 Å². The molecule has 0 spiro atoms. The lowest BCUT2D eigenvalue weighted by molar-refractivity contribution is -0.113. The summed E-state index contributed by atoms with van der Waals surface area (Å²) < 4.78 is 22.8. The van der Waals surface area contributed by atoms with Gasteiger partial charge in [0, 0.05) is 5.69 Å². The van der Waals surface area contributed by atoms with Crippen molar-refractivity contribution in [2.45, 2.75) is 13.3 Å². The van der Waals surface area contributed by atoms with Crippen LogP contribution in [0.2, 0.25) is 0 Å². The van der Waals surface area contributed by atoms with E-state index in [1.807, 2.05) is 19.1 Å². The quantitative estimate of drug-likeness (QED) is 0.799. The zero-order valence-electron chi connectivity index (χ0n) is 10.3. The highest BCUT2D eigenvalue weighted by atomic mass is 32.2. The molecule has 0 heterocycles. The van der Waals surface area contributed by atoms with Gasteiger partial charge >= 0.3 is 0 Å². The van der Waals surface area contributed by atoms with E-state index in [0.29, 0.717) is 5.69 Å². The Bertz CT molecular complexity index is 518. The molecule has 1 aromatic rings. The van der Waals surface area contributed by atoms with Gasteiger partial charge in [-0.2, -0.15) is 0 Å². The molecule has 1 N–H and O–H groups in total. The van der Waals surface area contributed by atoms with Gasteiger partial charge in [-0.05, 0) is 24.1 Å². The number of aryl methyl sites for hydroxylation is 1. The molecule has 0 atom stereocenters. The smallest absolute Gasteiger partial charge is 0.239 e. The maximum atomic E-state index is 11.5. The van der Waals surface area contributed by atoms with Gasteiger partial charge < -0.3 is 5.32 Å². The molecule has 0 aliphatic rings. The Kier molecular flexibility index (Phi) is 5.09. The predicted molar refractivity (Wildman–Crippen MR) is 73.3 cm³/mol. The summed E-state index contributed by atoms with van der Waals surface area (Å²) in [5.41, 5.74) is 1.76. The van der Waals surface area contributed by atoms with Crippen molar-refractivity contribution in [2.75, 3.05) is 16.8 Å². The SMILES string of the molecule is C=CCS(=O)(=O)CC(=O)Nc1ccc(CC)cc1. The molecule has 5 heteroatoms. The lowest BCUT2D eigenvalue weighted by Crippen LogP contribution is -2.24. The highest BCUT2D eigenvalue weighted by molar-refractivity contribution is 7.92. The zero-order valence-corrected chi connectivity index (χ0v) is 11.2. The minimum atomic E-state index is -3.39. The second kappa shape index (κ2) is 6.35. The number of anilines is 1. The molecule has 0 unspecified atom stereocenters. The van der Waals surface area contributed by atoms with Crippen LogP contribution in [-0.2, 0) is 21.1 Å². The van der Waals surface area contributed by atoms with Crippen LogP contribution in [0.25, 0.3) is 0 Å². The number of rotatable bonds is 6. The van der Waals surface area contributed by atoms with E-state index in [2.05, 4.69) is 11.9 Å². The van der Waals surface area contributed by atoms with Crippen LogP contribution in [0.4, 0.5) is 5.69 Å². The number of hydrogen-bond donors (Lipinski definition) is 1. The Balaban J connectivity index is 2.61. The molecule has 0 saturated heterocycles. The summed E-state index contributed by atoms with van der Waals surface area (Å²) in [5, 5.41) is 2.56. The van der Waals surface area contributed by atoms with Crippen LogP contribution in [0.15, 0.2) is 36.9 Å². The van der Waals surface area contributed by atoms with E-state index in [0.717, 1.165) is 12.0 Å². The molecule has 1 rings (SSSR count). The lowest BCUT2D eigenvalue weighted by Gasteiger charge is -2.06. The van der Waals surface area contributed by atoms with Gasteiger partial charge in [0.1, 0.15) is 5.75 Å². The third-order valence-corrected chi connectivity index (χ3v) is 3.81. The minimum absolute atomic E-state index is 0.185. The zero-order chi connectivity index (χ0) is 13.6. The van der Waals surface area contributed by atoms with Crippen LogP contribution in [0, 0.1) is 0 Å². The van der Waals surface area contributed by atoms with E-state index < -0.39 is 21.5 Å².